The third-order valence-corrected chi connectivity index (χ3v) is 3.66. The highest BCUT2D eigenvalue weighted by molar-refractivity contribution is 6.30. The summed E-state index contributed by atoms with van der Waals surface area (Å²) in [5, 5.41) is 0.615. The summed E-state index contributed by atoms with van der Waals surface area (Å²) in [4.78, 5) is 14.2. The van der Waals surface area contributed by atoms with Crippen molar-refractivity contribution in [1.82, 2.24) is 4.90 Å². The van der Waals surface area contributed by atoms with E-state index in [2.05, 4.69) is 6.92 Å². The van der Waals surface area contributed by atoms with Crippen molar-refractivity contribution in [1.29, 1.82) is 0 Å². The molecule has 1 aliphatic heterocycles. The van der Waals surface area contributed by atoms with Gasteiger partial charge in [0, 0.05) is 18.1 Å². The van der Waals surface area contributed by atoms with E-state index in [1.165, 1.54) is 6.42 Å². The summed E-state index contributed by atoms with van der Waals surface area (Å²) in [7, 11) is 0. The quantitative estimate of drug-likeness (QED) is 0.850. The molecule has 0 N–H and O–H groups in total. The molecule has 1 heterocycles. The fraction of sp³-hybridized carbons (Fsp3) is 0.533. The van der Waals surface area contributed by atoms with Gasteiger partial charge in [-0.05, 0) is 43.9 Å². The largest absolute Gasteiger partial charge is 0.481 e. The molecule has 2 atom stereocenters. The van der Waals surface area contributed by atoms with E-state index in [1.807, 2.05) is 17.0 Å². The van der Waals surface area contributed by atoms with Crippen LogP contribution in [-0.4, -0.2) is 30.0 Å². The molecule has 104 valence electrons. The number of ether oxygens (including phenoxy) is 1. The van der Waals surface area contributed by atoms with Crippen LogP contribution in [0.3, 0.4) is 0 Å². The van der Waals surface area contributed by atoms with Crippen LogP contribution in [0.4, 0.5) is 0 Å². The lowest BCUT2D eigenvalue weighted by atomic mass is 10.00. The predicted molar refractivity (Wildman–Crippen MR) is 76.5 cm³/mol. The van der Waals surface area contributed by atoms with Gasteiger partial charge in [0.25, 0.3) is 5.91 Å². The summed E-state index contributed by atoms with van der Waals surface area (Å²) >= 11 is 5.90. The van der Waals surface area contributed by atoms with E-state index >= 15 is 0 Å². The van der Waals surface area contributed by atoms with Crippen LogP contribution in [0.5, 0.6) is 5.75 Å². The van der Waals surface area contributed by atoms with Gasteiger partial charge in [0.15, 0.2) is 6.10 Å². The van der Waals surface area contributed by atoms with Crippen LogP contribution in [-0.2, 0) is 4.79 Å². The Morgan fingerprint density at radius 3 is 3.00 bits per heavy atom. The fourth-order valence-electron chi connectivity index (χ4n) is 2.44. The van der Waals surface area contributed by atoms with Crippen LogP contribution in [0.2, 0.25) is 5.02 Å². The lowest BCUT2D eigenvalue weighted by Gasteiger charge is -2.32. The molecule has 3 nitrogen and oxygen atoms in total. The molecule has 1 amide bonds. The fourth-order valence-corrected chi connectivity index (χ4v) is 2.62. The highest BCUT2D eigenvalue weighted by atomic mass is 35.5. The highest BCUT2D eigenvalue weighted by Gasteiger charge is 2.26. The number of likely N-dealkylation sites (tertiary alicyclic amines) is 1. The molecule has 1 aromatic rings. The maximum atomic E-state index is 12.3. The molecule has 1 fully saturated rings. The van der Waals surface area contributed by atoms with Crippen molar-refractivity contribution in [2.24, 2.45) is 5.92 Å². The molecule has 0 radical (unpaired) electrons. The van der Waals surface area contributed by atoms with Crippen molar-refractivity contribution >= 4 is 17.5 Å². The van der Waals surface area contributed by atoms with Gasteiger partial charge in [0.05, 0.1) is 0 Å². The molecule has 19 heavy (non-hydrogen) atoms. The zero-order chi connectivity index (χ0) is 13.8. The van der Waals surface area contributed by atoms with E-state index in [0.717, 1.165) is 19.5 Å². The van der Waals surface area contributed by atoms with Gasteiger partial charge in [-0.1, -0.05) is 24.6 Å². The van der Waals surface area contributed by atoms with E-state index in [-0.39, 0.29) is 5.91 Å². The van der Waals surface area contributed by atoms with Crippen molar-refractivity contribution in [2.75, 3.05) is 13.1 Å². The molecule has 0 aromatic heterocycles. The second-order valence-corrected chi connectivity index (χ2v) is 5.69. The lowest BCUT2D eigenvalue weighted by molar-refractivity contribution is -0.139. The minimum absolute atomic E-state index is 0.0616. The van der Waals surface area contributed by atoms with Crippen LogP contribution in [0.25, 0.3) is 0 Å². The number of nitrogens with zero attached hydrogens (tertiary/aromatic N) is 1. The number of rotatable bonds is 3. The summed E-state index contributed by atoms with van der Waals surface area (Å²) in [5.41, 5.74) is 0. The van der Waals surface area contributed by atoms with E-state index in [4.69, 9.17) is 16.3 Å². The van der Waals surface area contributed by atoms with Crippen molar-refractivity contribution in [3.63, 3.8) is 0 Å². The Hall–Kier alpha value is -1.22. The number of amides is 1. The van der Waals surface area contributed by atoms with Gasteiger partial charge >= 0.3 is 0 Å². The Morgan fingerprint density at radius 2 is 2.32 bits per heavy atom. The van der Waals surface area contributed by atoms with E-state index in [1.54, 1.807) is 19.1 Å². The summed E-state index contributed by atoms with van der Waals surface area (Å²) in [5.74, 6) is 1.28. The van der Waals surface area contributed by atoms with E-state index in [0.29, 0.717) is 16.7 Å². The van der Waals surface area contributed by atoms with Crippen LogP contribution < -0.4 is 4.74 Å². The van der Waals surface area contributed by atoms with Gasteiger partial charge < -0.3 is 9.64 Å². The second kappa shape index (κ2) is 6.29. The molecule has 4 heteroatoms. The van der Waals surface area contributed by atoms with Crippen molar-refractivity contribution < 1.29 is 9.53 Å². The summed E-state index contributed by atoms with van der Waals surface area (Å²) in [6.45, 7) is 5.65. The summed E-state index contributed by atoms with van der Waals surface area (Å²) in [6.07, 6.45) is 1.81. The van der Waals surface area contributed by atoms with Gasteiger partial charge in [-0.3, -0.25) is 4.79 Å². The lowest BCUT2D eigenvalue weighted by Crippen LogP contribution is -2.45. The third-order valence-electron chi connectivity index (χ3n) is 3.43. The van der Waals surface area contributed by atoms with Gasteiger partial charge in [0.2, 0.25) is 0 Å². The van der Waals surface area contributed by atoms with Crippen LogP contribution in [0, 0.1) is 5.92 Å². The molecule has 0 unspecified atom stereocenters. The SMILES string of the molecule is C[C@H]1CCCN(C(=O)[C@H](C)Oc2cccc(Cl)c2)C1. The summed E-state index contributed by atoms with van der Waals surface area (Å²) in [6, 6.07) is 7.14. The number of hydrogen-bond donors (Lipinski definition) is 0. The normalized spacial score (nSPS) is 21.0. The van der Waals surface area contributed by atoms with E-state index < -0.39 is 6.10 Å². The predicted octanol–water partition coefficient (Wildman–Crippen LogP) is 3.37. The van der Waals surface area contributed by atoms with Crippen LogP contribution >= 0.6 is 11.6 Å². The Balaban J connectivity index is 1.95. The Kier molecular flexibility index (Phi) is 4.70. The molecule has 0 aliphatic carbocycles. The molecule has 0 bridgehead atoms. The standard InChI is InChI=1S/C15H20ClNO2/c1-11-5-4-8-17(10-11)15(18)12(2)19-14-7-3-6-13(16)9-14/h3,6-7,9,11-12H,4-5,8,10H2,1-2H3/t11-,12-/m0/s1. The first-order valence-electron chi connectivity index (χ1n) is 6.77. The maximum absolute atomic E-state index is 12.3. The zero-order valence-electron chi connectivity index (χ0n) is 11.4. The molecule has 1 aromatic carbocycles. The Labute approximate surface area is 119 Å². The monoisotopic (exact) mass is 281 g/mol. The number of halogens is 1. The third kappa shape index (κ3) is 3.87. The molecule has 0 spiro atoms. The van der Waals surface area contributed by atoms with Crippen LogP contribution in [0.15, 0.2) is 24.3 Å². The minimum atomic E-state index is -0.469. The molecular weight excluding hydrogens is 262 g/mol. The van der Waals surface area contributed by atoms with Gasteiger partial charge in [-0.2, -0.15) is 0 Å². The minimum Gasteiger partial charge on any atom is -0.481 e. The van der Waals surface area contributed by atoms with Crippen molar-refractivity contribution in [3.05, 3.63) is 29.3 Å². The highest BCUT2D eigenvalue weighted by Crippen LogP contribution is 2.20. The molecular formula is C15H20ClNO2. The molecule has 1 aliphatic rings. The number of hydrogen-bond acceptors (Lipinski definition) is 2. The van der Waals surface area contributed by atoms with Crippen molar-refractivity contribution in [2.45, 2.75) is 32.8 Å². The number of benzene rings is 1. The maximum Gasteiger partial charge on any atom is 0.263 e. The molecule has 1 saturated heterocycles. The average molecular weight is 282 g/mol. The van der Waals surface area contributed by atoms with Crippen LogP contribution in [0.1, 0.15) is 26.7 Å². The van der Waals surface area contributed by atoms with E-state index in [9.17, 15) is 4.79 Å². The first kappa shape index (κ1) is 14.2. The zero-order valence-corrected chi connectivity index (χ0v) is 12.2. The van der Waals surface area contributed by atoms with Gasteiger partial charge in [-0.15, -0.1) is 0 Å². The first-order valence-corrected chi connectivity index (χ1v) is 7.15. The Bertz CT molecular complexity index is 450. The second-order valence-electron chi connectivity index (χ2n) is 5.25. The summed E-state index contributed by atoms with van der Waals surface area (Å²) < 4.78 is 5.67. The molecule has 0 saturated carbocycles. The van der Waals surface area contributed by atoms with Gasteiger partial charge in [-0.25, -0.2) is 0 Å². The smallest absolute Gasteiger partial charge is 0.263 e. The number of piperidine rings is 1. The molecule has 2 rings (SSSR count). The average Bonchev–Trinajstić information content (AvgIpc) is 2.38. The van der Waals surface area contributed by atoms with Gasteiger partial charge in [0.1, 0.15) is 5.75 Å². The Morgan fingerprint density at radius 1 is 1.53 bits per heavy atom. The first-order chi connectivity index (χ1) is 9.06. The number of carbonyl (C=O) groups is 1. The van der Waals surface area contributed by atoms with Crippen molar-refractivity contribution in [3.8, 4) is 5.75 Å². The topological polar surface area (TPSA) is 29.5 Å². The number of carbonyl (C=O) groups excluding carboxylic acids is 1.